The highest BCUT2D eigenvalue weighted by Crippen LogP contribution is 2.45. The van der Waals surface area contributed by atoms with E-state index in [1.165, 1.54) is 11.3 Å². The Labute approximate surface area is 91.9 Å². The molecule has 1 aromatic rings. The molecule has 0 radical (unpaired) electrons. The smallest absolute Gasteiger partial charge is 0.240 e. The Bertz CT molecular complexity index is 428. The van der Waals surface area contributed by atoms with E-state index in [0.29, 0.717) is 19.4 Å². The first kappa shape index (κ1) is 10.1. The normalized spacial score (nSPS) is 16.8. The van der Waals surface area contributed by atoms with Crippen molar-refractivity contribution in [1.29, 1.82) is 5.26 Å². The molecular formula is C10H11N3OS. The fourth-order valence-electron chi connectivity index (χ4n) is 1.34. The van der Waals surface area contributed by atoms with Crippen LogP contribution in [0.25, 0.3) is 0 Å². The SMILES string of the molecule is Cc1ncsc1CNC(=O)C1(C#N)CC1. The molecule has 1 aromatic heterocycles. The monoisotopic (exact) mass is 221 g/mol. The van der Waals surface area contributed by atoms with E-state index in [9.17, 15) is 4.79 Å². The van der Waals surface area contributed by atoms with Crippen LogP contribution >= 0.6 is 11.3 Å². The highest BCUT2D eigenvalue weighted by molar-refractivity contribution is 7.09. The summed E-state index contributed by atoms with van der Waals surface area (Å²) in [6.07, 6.45) is 1.38. The van der Waals surface area contributed by atoms with Crippen molar-refractivity contribution in [3.05, 3.63) is 16.1 Å². The molecule has 2 rings (SSSR count). The second-order valence-electron chi connectivity index (χ2n) is 3.74. The van der Waals surface area contributed by atoms with Gasteiger partial charge in [0.1, 0.15) is 5.41 Å². The van der Waals surface area contributed by atoms with Crippen molar-refractivity contribution in [3.8, 4) is 6.07 Å². The lowest BCUT2D eigenvalue weighted by molar-refractivity contribution is -0.124. The number of aryl methyl sites for hydroxylation is 1. The fraction of sp³-hybridized carbons (Fsp3) is 0.500. The highest BCUT2D eigenvalue weighted by Gasteiger charge is 2.50. The Morgan fingerprint density at radius 3 is 3.00 bits per heavy atom. The number of aromatic nitrogens is 1. The Morgan fingerprint density at radius 1 is 1.80 bits per heavy atom. The zero-order chi connectivity index (χ0) is 10.9. The van der Waals surface area contributed by atoms with E-state index >= 15 is 0 Å². The average Bonchev–Trinajstić information content (AvgIpc) is 2.94. The zero-order valence-electron chi connectivity index (χ0n) is 8.41. The van der Waals surface area contributed by atoms with Gasteiger partial charge in [0.25, 0.3) is 0 Å². The van der Waals surface area contributed by atoms with Gasteiger partial charge in [0.15, 0.2) is 0 Å². The van der Waals surface area contributed by atoms with Crippen LogP contribution in [0.4, 0.5) is 0 Å². The Hall–Kier alpha value is -1.41. The summed E-state index contributed by atoms with van der Waals surface area (Å²) < 4.78 is 0. The predicted octanol–water partition coefficient (Wildman–Crippen LogP) is 1.37. The number of carbonyl (C=O) groups is 1. The molecule has 1 fully saturated rings. The van der Waals surface area contributed by atoms with Crippen LogP contribution in [0.1, 0.15) is 23.4 Å². The van der Waals surface area contributed by atoms with Crippen molar-refractivity contribution in [1.82, 2.24) is 10.3 Å². The van der Waals surface area contributed by atoms with Gasteiger partial charge in [-0.1, -0.05) is 0 Å². The van der Waals surface area contributed by atoms with Gasteiger partial charge in [-0.3, -0.25) is 4.79 Å². The van der Waals surface area contributed by atoms with E-state index in [0.717, 1.165) is 10.6 Å². The van der Waals surface area contributed by atoms with Crippen molar-refractivity contribution in [2.45, 2.75) is 26.3 Å². The molecule has 1 amide bonds. The van der Waals surface area contributed by atoms with E-state index < -0.39 is 5.41 Å². The molecule has 0 saturated heterocycles. The average molecular weight is 221 g/mol. The van der Waals surface area contributed by atoms with Gasteiger partial charge in [0.05, 0.1) is 23.8 Å². The van der Waals surface area contributed by atoms with Gasteiger partial charge in [-0.25, -0.2) is 4.98 Å². The van der Waals surface area contributed by atoms with Crippen LogP contribution in [0.3, 0.4) is 0 Å². The van der Waals surface area contributed by atoms with Crippen molar-refractivity contribution in [3.63, 3.8) is 0 Å². The van der Waals surface area contributed by atoms with E-state index in [2.05, 4.69) is 16.4 Å². The summed E-state index contributed by atoms with van der Waals surface area (Å²) in [5, 5.41) is 11.6. The second kappa shape index (κ2) is 3.63. The van der Waals surface area contributed by atoms with Gasteiger partial charge in [-0.05, 0) is 19.8 Å². The Balaban J connectivity index is 1.93. The molecule has 1 saturated carbocycles. The topological polar surface area (TPSA) is 65.8 Å². The van der Waals surface area contributed by atoms with Crippen LogP contribution in [0.15, 0.2) is 5.51 Å². The number of thiazole rings is 1. The van der Waals surface area contributed by atoms with Crippen LogP contribution in [-0.4, -0.2) is 10.9 Å². The molecule has 1 aliphatic rings. The van der Waals surface area contributed by atoms with Crippen molar-refractivity contribution in [2.24, 2.45) is 5.41 Å². The van der Waals surface area contributed by atoms with E-state index in [4.69, 9.17) is 5.26 Å². The Morgan fingerprint density at radius 2 is 2.53 bits per heavy atom. The minimum atomic E-state index is -0.724. The molecule has 0 spiro atoms. The standard InChI is InChI=1S/C10H11N3OS/c1-7-8(15-6-13-7)4-12-9(14)10(5-11)2-3-10/h6H,2-4H2,1H3,(H,12,14). The molecule has 0 bridgehead atoms. The van der Waals surface area contributed by atoms with Gasteiger partial charge in [-0.15, -0.1) is 11.3 Å². The molecule has 0 aliphatic heterocycles. The van der Waals surface area contributed by atoms with Crippen LogP contribution < -0.4 is 5.32 Å². The third kappa shape index (κ3) is 1.85. The molecule has 4 nitrogen and oxygen atoms in total. The summed E-state index contributed by atoms with van der Waals surface area (Å²) in [5.74, 6) is -0.141. The third-order valence-corrected chi connectivity index (χ3v) is 3.59. The molecule has 5 heteroatoms. The lowest BCUT2D eigenvalue weighted by Crippen LogP contribution is -2.30. The van der Waals surface area contributed by atoms with Gasteiger partial charge in [0, 0.05) is 4.88 Å². The molecule has 0 unspecified atom stereocenters. The first-order valence-corrected chi connectivity index (χ1v) is 5.64. The van der Waals surface area contributed by atoms with Gasteiger partial charge < -0.3 is 5.32 Å². The third-order valence-electron chi connectivity index (χ3n) is 2.65. The lowest BCUT2D eigenvalue weighted by Gasteiger charge is -2.06. The van der Waals surface area contributed by atoms with Crippen LogP contribution in [0.2, 0.25) is 0 Å². The maximum Gasteiger partial charge on any atom is 0.240 e. The number of nitrogens with one attached hydrogen (secondary N) is 1. The molecule has 78 valence electrons. The quantitative estimate of drug-likeness (QED) is 0.838. The number of hydrogen-bond acceptors (Lipinski definition) is 4. The number of rotatable bonds is 3. The van der Waals surface area contributed by atoms with Gasteiger partial charge in [0.2, 0.25) is 5.91 Å². The molecule has 0 aromatic carbocycles. The van der Waals surface area contributed by atoms with Crippen molar-refractivity contribution in [2.75, 3.05) is 0 Å². The number of nitrogens with zero attached hydrogens (tertiary/aromatic N) is 2. The first-order valence-electron chi connectivity index (χ1n) is 4.76. The fourth-order valence-corrected chi connectivity index (χ4v) is 2.06. The summed E-state index contributed by atoms with van der Waals surface area (Å²) in [5.41, 5.74) is 1.98. The maximum absolute atomic E-state index is 11.6. The predicted molar refractivity (Wildman–Crippen MR) is 56.0 cm³/mol. The van der Waals surface area contributed by atoms with Crippen LogP contribution in [0.5, 0.6) is 0 Å². The van der Waals surface area contributed by atoms with Crippen LogP contribution in [-0.2, 0) is 11.3 Å². The lowest BCUT2D eigenvalue weighted by atomic mass is 10.1. The number of nitriles is 1. The summed E-state index contributed by atoms with van der Waals surface area (Å²) in [6, 6.07) is 2.07. The molecule has 15 heavy (non-hydrogen) atoms. The largest absolute Gasteiger partial charge is 0.350 e. The molecule has 0 atom stereocenters. The van der Waals surface area contributed by atoms with Crippen LogP contribution in [0, 0.1) is 23.7 Å². The van der Waals surface area contributed by atoms with Crippen molar-refractivity contribution >= 4 is 17.2 Å². The number of amides is 1. The van der Waals surface area contributed by atoms with Crippen molar-refractivity contribution < 1.29 is 4.79 Å². The minimum absolute atomic E-state index is 0.141. The molecule has 1 aliphatic carbocycles. The zero-order valence-corrected chi connectivity index (χ0v) is 9.23. The van der Waals surface area contributed by atoms with E-state index in [1.807, 2.05) is 6.92 Å². The second-order valence-corrected chi connectivity index (χ2v) is 4.68. The van der Waals surface area contributed by atoms with E-state index in [-0.39, 0.29) is 5.91 Å². The summed E-state index contributed by atoms with van der Waals surface area (Å²) >= 11 is 1.52. The summed E-state index contributed by atoms with van der Waals surface area (Å²) in [7, 11) is 0. The number of hydrogen-bond donors (Lipinski definition) is 1. The summed E-state index contributed by atoms with van der Waals surface area (Å²) in [6.45, 7) is 2.40. The van der Waals surface area contributed by atoms with Gasteiger partial charge >= 0.3 is 0 Å². The molecular weight excluding hydrogens is 210 g/mol. The molecule has 1 heterocycles. The highest BCUT2D eigenvalue weighted by atomic mass is 32.1. The minimum Gasteiger partial charge on any atom is -0.350 e. The molecule has 1 N–H and O–H groups in total. The summed E-state index contributed by atoms with van der Waals surface area (Å²) in [4.78, 5) is 16.8. The Kier molecular flexibility index (Phi) is 2.45. The number of carbonyl (C=O) groups excluding carboxylic acids is 1. The van der Waals surface area contributed by atoms with Gasteiger partial charge in [-0.2, -0.15) is 5.26 Å². The maximum atomic E-state index is 11.6. The van der Waals surface area contributed by atoms with E-state index in [1.54, 1.807) is 5.51 Å². The first-order chi connectivity index (χ1) is 7.18.